The summed E-state index contributed by atoms with van der Waals surface area (Å²) in [5.74, 6) is -0.279. The van der Waals surface area contributed by atoms with E-state index >= 15 is 0 Å². The molecule has 29 heavy (non-hydrogen) atoms. The molecule has 0 fully saturated rings. The second-order valence-electron chi connectivity index (χ2n) is 7.21. The van der Waals surface area contributed by atoms with E-state index in [-0.39, 0.29) is 23.4 Å². The Balaban J connectivity index is 3.34. The molecule has 1 heterocycles. The first-order valence-corrected chi connectivity index (χ1v) is 11.2. The molecule has 3 amide bonds. The van der Waals surface area contributed by atoms with Crippen molar-refractivity contribution in [3.8, 4) is 0 Å². The summed E-state index contributed by atoms with van der Waals surface area (Å²) in [6.07, 6.45) is 6.35. The summed E-state index contributed by atoms with van der Waals surface area (Å²) in [5, 5.41) is 11.1. The van der Waals surface area contributed by atoms with Crippen LogP contribution in [0.3, 0.4) is 0 Å². The smallest absolute Gasteiger partial charge is 0.289 e. The Morgan fingerprint density at radius 3 is 1.90 bits per heavy atom. The van der Waals surface area contributed by atoms with Gasteiger partial charge >= 0.3 is 0 Å². The third kappa shape index (κ3) is 7.03. The molecule has 8 nitrogen and oxygen atoms in total. The van der Waals surface area contributed by atoms with Crippen molar-refractivity contribution in [2.75, 3.05) is 19.6 Å². The maximum atomic E-state index is 13.2. The van der Waals surface area contributed by atoms with Gasteiger partial charge in [0.1, 0.15) is 0 Å². The maximum Gasteiger partial charge on any atom is 0.289 e. The lowest BCUT2D eigenvalue weighted by Crippen LogP contribution is -2.63. The number of hydrogen-bond donors (Lipinski definition) is 2. The normalized spacial score (nSPS) is 15.1. The van der Waals surface area contributed by atoms with Crippen molar-refractivity contribution in [3.05, 3.63) is 11.5 Å². The largest absolute Gasteiger partial charge is 0.318 e. The standard InChI is InChI=1S/C21H39N5O3/c1-6-11-12-13-16-25-20(23-18(28)15-8-3)19(22-17(27)14-7-2)21(29)24(9-4)26(25)10-5/h6-16H2,1-5H3,(H,22,27)(H,23,28). The Hall–Kier alpha value is -2.09. The molecule has 2 N–H and O–H groups in total. The van der Waals surface area contributed by atoms with Gasteiger partial charge in [-0.2, -0.15) is 0 Å². The quantitative estimate of drug-likeness (QED) is 0.457. The monoisotopic (exact) mass is 409 g/mol. The van der Waals surface area contributed by atoms with Crippen LogP contribution < -0.4 is 10.6 Å². The number of rotatable bonds is 13. The first-order chi connectivity index (χ1) is 13.9. The number of hydrazine groups is 2. The minimum Gasteiger partial charge on any atom is -0.318 e. The van der Waals surface area contributed by atoms with Gasteiger partial charge < -0.3 is 10.6 Å². The van der Waals surface area contributed by atoms with Gasteiger partial charge in [-0.25, -0.2) is 0 Å². The number of unbranched alkanes of at least 4 members (excludes halogenated alkanes) is 3. The molecule has 0 aromatic rings. The zero-order valence-corrected chi connectivity index (χ0v) is 18.8. The molecule has 0 aliphatic carbocycles. The zero-order chi connectivity index (χ0) is 21.8. The summed E-state index contributed by atoms with van der Waals surface area (Å²) in [4.78, 5) is 37.9. The van der Waals surface area contributed by atoms with Crippen LogP contribution in [0.2, 0.25) is 0 Å². The molecule has 8 heteroatoms. The van der Waals surface area contributed by atoms with E-state index in [4.69, 9.17) is 0 Å². The molecule has 0 unspecified atom stereocenters. The van der Waals surface area contributed by atoms with Crippen molar-refractivity contribution in [2.24, 2.45) is 0 Å². The van der Waals surface area contributed by atoms with E-state index in [0.29, 0.717) is 51.1 Å². The third-order valence-corrected chi connectivity index (χ3v) is 4.78. The van der Waals surface area contributed by atoms with Crippen LogP contribution in [0.25, 0.3) is 0 Å². The molecule has 1 rings (SSSR count). The molecule has 0 aromatic heterocycles. The van der Waals surface area contributed by atoms with E-state index < -0.39 is 0 Å². The van der Waals surface area contributed by atoms with E-state index in [9.17, 15) is 14.4 Å². The minimum atomic E-state index is -0.296. The molecule has 1 aliphatic heterocycles. The molecule has 1 aliphatic rings. The molecule has 0 aromatic carbocycles. The second-order valence-corrected chi connectivity index (χ2v) is 7.21. The predicted octanol–water partition coefficient (Wildman–Crippen LogP) is 2.88. The molecule has 0 saturated carbocycles. The van der Waals surface area contributed by atoms with Gasteiger partial charge in [0, 0.05) is 32.5 Å². The van der Waals surface area contributed by atoms with Crippen molar-refractivity contribution >= 4 is 17.7 Å². The van der Waals surface area contributed by atoms with Crippen LogP contribution >= 0.6 is 0 Å². The van der Waals surface area contributed by atoms with E-state index in [1.807, 2.05) is 37.8 Å². The number of carbonyl (C=O) groups is 3. The minimum absolute atomic E-state index is 0.155. The number of carbonyl (C=O) groups excluding carboxylic acids is 3. The van der Waals surface area contributed by atoms with Gasteiger partial charge in [0.15, 0.2) is 11.5 Å². The first kappa shape index (κ1) is 24.9. The SMILES string of the molecule is CCCCCCN1C(NC(=O)CCC)=C(NC(=O)CCC)C(=O)N(CC)N1CC. The van der Waals surface area contributed by atoms with Crippen LogP contribution in [0.4, 0.5) is 0 Å². The number of likely N-dealkylation sites (N-methyl/N-ethyl adjacent to an activating group) is 1. The number of nitrogens with zero attached hydrogens (tertiary/aromatic N) is 3. The van der Waals surface area contributed by atoms with Crippen LogP contribution in [0.5, 0.6) is 0 Å². The predicted molar refractivity (Wildman–Crippen MR) is 114 cm³/mol. The van der Waals surface area contributed by atoms with Crippen LogP contribution in [-0.4, -0.2) is 52.5 Å². The molecule has 0 atom stereocenters. The molecule has 0 spiro atoms. The van der Waals surface area contributed by atoms with Gasteiger partial charge in [-0.05, 0) is 33.1 Å². The van der Waals surface area contributed by atoms with Crippen molar-refractivity contribution < 1.29 is 14.4 Å². The van der Waals surface area contributed by atoms with Crippen molar-refractivity contribution in [3.63, 3.8) is 0 Å². The topological polar surface area (TPSA) is 85.0 Å². The highest BCUT2D eigenvalue weighted by Crippen LogP contribution is 2.23. The van der Waals surface area contributed by atoms with E-state index in [2.05, 4.69) is 17.6 Å². The fourth-order valence-electron chi connectivity index (χ4n) is 3.36. The fourth-order valence-corrected chi connectivity index (χ4v) is 3.36. The van der Waals surface area contributed by atoms with Crippen LogP contribution in [-0.2, 0) is 14.4 Å². The van der Waals surface area contributed by atoms with Gasteiger partial charge in [0.2, 0.25) is 11.8 Å². The molecular formula is C21H39N5O3. The average Bonchev–Trinajstić information content (AvgIpc) is 2.69. The van der Waals surface area contributed by atoms with E-state index in [1.54, 1.807) is 5.01 Å². The van der Waals surface area contributed by atoms with Crippen molar-refractivity contribution in [2.45, 2.75) is 86.0 Å². The number of amides is 3. The van der Waals surface area contributed by atoms with E-state index in [1.165, 1.54) is 0 Å². The van der Waals surface area contributed by atoms with Gasteiger partial charge in [-0.3, -0.25) is 24.4 Å². The zero-order valence-electron chi connectivity index (χ0n) is 18.8. The summed E-state index contributed by atoms with van der Waals surface area (Å²) in [5.41, 5.74) is 0.162. The third-order valence-electron chi connectivity index (χ3n) is 4.78. The van der Waals surface area contributed by atoms with Crippen molar-refractivity contribution in [1.29, 1.82) is 0 Å². The van der Waals surface area contributed by atoms with Crippen LogP contribution in [0.1, 0.15) is 86.0 Å². The average molecular weight is 410 g/mol. The van der Waals surface area contributed by atoms with E-state index in [0.717, 1.165) is 25.7 Å². The summed E-state index contributed by atoms with van der Waals surface area (Å²) in [6.45, 7) is 11.6. The molecule has 166 valence electrons. The highest BCUT2D eigenvalue weighted by Gasteiger charge is 2.38. The molecule has 0 radical (unpaired) electrons. The van der Waals surface area contributed by atoms with Crippen molar-refractivity contribution in [1.82, 2.24) is 25.8 Å². The Morgan fingerprint density at radius 2 is 1.38 bits per heavy atom. The highest BCUT2D eigenvalue weighted by molar-refractivity contribution is 5.99. The molecular weight excluding hydrogens is 370 g/mol. The maximum absolute atomic E-state index is 13.2. The van der Waals surface area contributed by atoms with Gasteiger partial charge in [-0.15, -0.1) is 5.12 Å². The van der Waals surface area contributed by atoms with Gasteiger partial charge in [0.25, 0.3) is 5.91 Å². The van der Waals surface area contributed by atoms with Gasteiger partial charge in [0.05, 0.1) is 0 Å². The summed E-state index contributed by atoms with van der Waals surface area (Å²) in [7, 11) is 0. The Morgan fingerprint density at radius 1 is 0.759 bits per heavy atom. The summed E-state index contributed by atoms with van der Waals surface area (Å²) < 4.78 is 0. The molecule has 0 saturated heterocycles. The second kappa shape index (κ2) is 13.2. The van der Waals surface area contributed by atoms with Gasteiger partial charge in [-0.1, -0.05) is 40.0 Å². The summed E-state index contributed by atoms with van der Waals surface area (Å²) >= 11 is 0. The number of hydrogen-bond acceptors (Lipinski definition) is 5. The fraction of sp³-hybridized carbons (Fsp3) is 0.762. The summed E-state index contributed by atoms with van der Waals surface area (Å²) in [6, 6.07) is 0. The Labute approximate surface area is 175 Å². The Bertz CT molecular complexity index is 591. The lowest BCUT2D eigenvalue weighted by molar-refractivity contribution is -0.192. The number of nitrogens with one attached hydrogen (secondary N) is 2. The Kier molecular flexibility index (Phi) is 11.3. The lowest BCUT2D eigenvalue weighted by Gasteiger charge is -2.47. The molecule has 0 bridgehead atoms. The first-order valence-electron chi connectivity index (χ1n) is 11.2. The lowest BCUT2D eigenvalue weighted by atomic mass is 10.2. The highest BCUT2D eigenvalue weighted by atomic mass is 16.2. The van der Waals surface area contributed by atoms with Crippen LogP contribution in [0.15, 0.2) is 11.5 Å². The van der Waals surface area contributed by atoms with Crippen LogP contribution in [0, 0.1) is 0 Å².